The number of rotatable bonds is 9. The van der Waals surface area contributed by atoms with Crippen molar-refractivity contribution in [3.05, 3.63) is 0 Å². The van der Waals surface area contributed by atoms with Crippen molar-refractivity contribution in [3.8, 4) is 0 Å². The summed E-state index contributed by atoms with van der Waals surface area (Å²) in [5, 5.41) is 0. The Morgan fingerprint density at radius 1 is 0.786 bits per heavy atom. The molecule has 3 nitrogen and oxygen atoms in total. The third-order valence-electron chi connectivity index (χ3n) is 2.23. The van der Waals surface area contributed by atoms with Gasteiger partial charge in [0.15, 0.2) is 0 Å². The van der Waals surface area contributed by atoms with Crippen molar-refractivity contribution in [1.29, 1.82) is 0 Å². The SMILES string of the molecule is CCOCC(CC)(COCC)OCC. The smallest absolute Gasteiger partial charge is 0.114 e. The fourth-order valence-electron chi connectivity index (χ4n) is 1.31. The van der Waals surface area contributed by atoms with Gasteiger partial charge in [0.2, 0.25) is 0 Å². The number of ether oxygens (including phenoxy) is 3. The molecule has 0 heterocycles. The highest BCUT2D eigenvalue weighted by atomic mass is 16.6. The zero-order valence-corrected chi connectivity index (χ0v) is 9.97. The minimum Gasteiger partial charge on any atom is -0.379 e. The van der Waals surface area contributed by atoms with Crippen LogP contribution in [-0.2, 0) is 14.2 Å². The molecule has 0 spiro atoms. The van der Waals surface area contributed by atoms with Crippen molar-refractivity contribution in [2.24, 2.45) is 0 Å². The van der Waals surface area contributed by atoms with E-state index in [1.807, 2.05) is 20.8 Å². The number of hydrogen-bond donors (Lipinski definition) is 0. The molecule has 0 aliphatic heterocycles. The summed E-state index contributed by atoms with van der Waals surface area (Å²) in [6, 6.07) is 0. The van der Waals surface area contributed by atoms with Crippen molar-refractivity contribution in [3.63, 3.8) is 0 Å². The Kier molecular flexibility index (Phi) is 8.14. The first-order valence-corrected chi connectivity index (χ1v) is 5.54. The Morgan fingerprint density at radius 3 is 1.57 bits per heavy atom. The van der Waals surface area contributed by atoms with E-state index in [1.165, 1.54) is 0 Å². The summed E-state index contributed by atoms with van der Waals surface area (Å²) in [7, 11) is 0. The lowest BCUT2D eigenvalue weighted by Crippen LogP contribution is -2.42. The molecule has 0 atom stereocenters. The molecule has 0 N–H and O–H groups in total. The number of hydrogen-bond acceptors (Lipinski definition) is 3. The molecular weight excluding hydrogens is 180 g/mol. The molecule has 0 aliphatic rings. The molecule has 0 aromatic rings. The third kappa shape index (κ3) is 4.94. The van der Waals surface area contributed by atoms with Gasteiger partial charge in [0.05, 0.1) is 13.2 Å². The fraction of sp³-hybridized carbons (Fsp3) is 1.00. The Hall–Kier alpha value is -0.120. The summed E-state index contributed by atoms with van der Waals surface area (Å²) >= 11 is 0. The Balaban J connectivity index is 4.11. The first-order chi connectivity index (χ1) is 6.74. The lowest BCUT2D eigenvalue weighted by atomic mass is 10.0. The molecule has 0 aliphatic carbocycles. The predicted octanol–water partition coefficient (Wildman–Crippen LogP) is 2.24. The highest BCUT2D eigenvalue weighted by molar-refractivity contribution is 4.78. The molecule has 86 valence electrons. The second-order valence-electron chi connectivity index (χ2n) is 3.24. The average Bonchev–Trinajstić information content (AvgIpc) is 2.22. The lowest BCUT2D eigenvalue weighted by Gasteiger charge is -2.31. The van der Waals surface area contributed by atoms with E-state index in [9.17, 15) is 0 Å². The van der Waals surface area contributed by atoms with Gasteiger partial charge in [-0.1, -0.05) is 6.92 Å². The first-order valence-electron chi connectivity index (χ1n) is 5.54. The maximum atomic E-state index is 5.73. The largest absolute Gasteiger partial charge is 0.379 e. The van der Waals surface area contributed by atoms with Crippen LogP contribution in [0.1, 0.15) is 34.1 Å². The summed E-state index contributed by atoms with van der Waals surface area (Å²) in [5.74, 6) is 0. The van der Waals surface area contributed by atoms with Gasteiger partial charge in [-0.2, -0.15) is 0 Å². The third-order valence-corrected chi connectivity index (χ3v) is 2.23. The zero-order chi connectivity index (χ0) is 10.9. The van der Waals surface area contributed by atoms with Crippen LogP contribution in [0.5, 0.6) is 0 Å². The molecule has 0 amide bonds. The van der Waals surface area contributed by atoms with Crippen molar-refractivity contribution in [1.82, 2.24) is 0 Å². The van der Waals surface area contributed by atoms with Crippen LogP contribution in [0.25, 0.3) is 0 Å². The molecule has 0 saturated carbocycles. The molecule has 0 radical (unpaired) electrons. The Bertz CT molecular complexity index is 118. The van der Waals surface area contributed by atoms with Gasteiger partial charge in [-0.3, -0.25) is 0 Å². The van der Waals surface area contributed by atoms with Gasteiger partial charge < -0.3 is 14.2 Å². The molecular formula is C11H24O3. The van der Waals surface area contributed by atoms with Crippen LogP contribution in [0.3, 0.4) is 0 Å². The van der Waals surface area contributed by atoms with E-state index in [0.717, 1.165) is 19.6 Å². The quantitative estimate of drug-likeness (QED) is 0.576. The van der Waals surface area contributed by atoms with Crippen LogP contribution in [0.2, 0.25) is 0 Å². The molecule has 14 heavy (non-hydrogen) atoms. The van der Waals surface area contributed by atoms with Crippen LogP contribution >= 0.6 is 0 Å². The highest BCUT2D eigenvalue weighted by Gasteiger charge is 2.29. The standard InChI is InChI=1S/C11H24O3/c1-5-11(14-8-4,9-12-6-2)10-13-7-3/h5-10H2,1-4H3. The second-order valence-corrected chi connectivity index (χ2v) is 3.24. The predicted molar refractivity (Wildman–Crippen MR) is 57.6 cm³/mol. The van der Waals surface area contributed by atoms with Crippen molar-refractivity contribution in [2.75, 3.05) is 33.0 Å². The van der Waals surface area contributed by atoms with Crippen LogP contribution in [0.15, 0.2) is 0 Å². The minimum atomic E-state index is -0.249. The summed E-state index contributed by atoms with van der Waals surface area (Å²) in [6.45, 7) is 11.5. The molecule has 0 rings (SSSR count). The molecule has 0 saturated heterocycles. The monoisotopic (exact) mass is 204 g/mol. The first kappa shape index (κ1) is 13.9. The van der Waals surface area contributed by atoms with Gasteiger partial charge >= 0.3 is 0 Å². The van der Waals surface area contributed by atoms with E-state index in [4.69, 9.17) is 14.2 Å². The maximum absolute atomic E-state index is 5.73. The minimum absolute atomic E-state index is 0.249. The van der Waals surface area contributed by atoms with E-state index in [1.54, 1.807) is 0 Å². The van der Waals surface area contributed by atoms with E-state index >= 15 is 0 Å². The molecule has 0 aromatic heterocycles. The van der Waals surface area contributed by atoms with Crippen molar-refractivity contribution >= 4 is 0 Å². The van der Waals surface area contributed by atoms with Gasteiger partial charge in [-0.25, -0.2) is 0 Å². The summed E-state index contributed by atoms with van der Waals surface area (Å²) in [5.41, 5.74) is -0.249. The van der Waals surface area contributed by atoms with Gasteiger partial charge in [-0.05, 0) is 27.2 Å². The van der Waals surface area contributed by atoms with Crippen LogP contribution in [-0.4, -0.2) is 38.6 Å². The molecule has 0 fully saturated rings. The van der Waals surface area contributed by atoms with E-state index in [2.05, 4.69) is 6.92 Å². The van der Waals surface area contributed by atoms with E-state index in [-0.39, 0.29) is 5.60 Å². The molecule has 0 aromatic carbocycles. The topological polar surface area (TPSA) is 27.7 Å². The fourth-order valence-corrected chi connectivity index (χ4v) is 1.31. The summed E-state index contributed by atoms with van der Waals surface area (Å²) < 4.78 is 16.6. The second kappa shape index (κ2) is 8.21. The van der Waals surface area contributed by atoms with Crippen LogP contribution in [0.4, 0.5) is 0 Å². The summed E-state index contributed by atoms with van der Waals surface area (Å²) in [4.78, 5) is 0. The van der Waals surface area contributed by atoms with Crippen LogP contribution < -0.4 is 0 Å². The Morgan fingerprint density at radius 2 is 1.29 bits per heavy atom. The van der Waals surface area contributed by atoms with Gasteiger partial charge in [0, 0.05) is 19.8 Å². The van der Waals surface area contributed by atoms with Gasteiger partial charge in [0.25, 0.3) is 0 Å². The molecule has 0 unspecified atom stereocenters. The summed E-state index contributed by atoms with van der Waals surface area (Å²) in [6.07, 6.45) is 0.918. The average molecular weight is 204 g/mol. The zero-order valence-electron chi connectivity index (χ0n) is 9.97. The normalized spacial score (nSPS) is 12.0. The maximum Gasteiger partial charge on any atom is 0.114 e. The lowest BCUT2D eigenvalue weighted by molar-refractivity contribution is -0.132. The molecule has 3 heteroatoms. The van der Waals surface area contributed by atoms with Gasteiger partial charge in [0.1, 0.15) is 5.60 Å². The van der Waals surface area contributed by atoms with E-state index in [0.29, 0.717) is 19.8 Å². The van der Waals surface area contributed by atoms with Crippen molar-refractivity contribution in [2.45, 2.75) is 39.7 Å². The molecule has 0 bridgehead atoms. The Labute approximate surface area is 87.7 Å². The van der Waals surface area contributed by atoms with E-state index < -0.39 is 0 Å². The van der Waals surface area contributed by atoms with Gasteiger partial charge in [-0.15, -0.1) is 0 Å². The van der Waals surface area contributed by atoms with Crippen LogP contribution in [0, 0.1) is 0 Å². The highest BCUT2D eigenvalue weighted by Crippen LogP contribution is 2.17. The van der Waals surface area contributed by atoms with Crippen molar-refractivity contribution < 1.29 is 14.2 Å².